The average molecular weight is 461 g/mol. The first-order valence-electron chi connectivity index (χ1n) is 11.5. The van der Waals surface area contributed by atoms with Crippen molar-refractivity contribution < 1.29 is 18.8 Å². The van der Waals surface area contributed by atoms with Crippen molar-refractivity contribution in [3.63, 3.8) is 0 Å². The molecular formula is C26H25FN4O3. The number of rotatable bonds is 5. The van der Waals surface area contributed by atoms with Crippen LogP contribution in [0.2, 0.25) is 0 Å². The van der Waals surface area contributed by atoms with Gasteiger partial charge in [0.1, 0.15) is 11.5 Å². The molecule has 2 aromatic carbocycles. The third-order valence-corrected chi connectivity index (χ3v) is 6.99. The number of halogens is 1. The van der Waals surface area contributed by atoms with E-state index in [1.54, 1.807) is 35.0 Å². The lowest BCUT2D eigenvalue weighted by Gasteiger charge is -2.35. The third-order valence-electron chi connectivity index (χ3n) is 6.99. The van der Waals surface area contributed by atoms with E-state index >= 15 is 0 Å². The van der Waals surface area contributed by atoms with Crippen LogP contribution in [0, 0.1) is 5.82 Å². The number of carbonyl (C=O) groups excluding carboxylic acids is 3. The van der Waals surface area contributed by atoms with E-state index < -0.39 is 5.41 Å². The van der Waals surface area contributed by atoms with E-state index in [4.69, 9.17) is 0 Å². The van der Waals surface area contributed by atoms with Crippen LogP contribution in [-0.4, -0.2) is 27.5 Å². The number of hydrogen-bond acceptors (Lipinski definition) is 4. The summed E-state index contributed by atoms with van der Waals surface area (Å²) >= 11 is 0. The Labute approximate surface area is 196 Å². The number of imide groups is 1. The molecule has 2 aliphatic rings. The molecule has 8 heteroatoms. The fourth-order valence-electron chi connectivity index (χ4n) is 5.07. The molecule has 7 nitrogen and oxygen atoms in total. The van der Waals surface area contributed by atoms with Crippen molar-refractivity contribution in [2.45, 2.75) is 50.9 Å². The smallest absolute Gasteiger partial charge is 0.276 e. The van der Waals surface area contributed by atoms with Gasteiger partial charge in [-0.1, -0.05) is 31.2 Å². The maximum absolute atomic E-state index is 14.4. The van der Waals surface area contributed by atoms with Gasteiger partial charge in [0.15, 0.2) is 5.69 Å². The molecule has 5 rings (SSSR count). The minimum absolute atomic E-state index is 0.250. The van der Waals surface area contributed by atoms with Crippen molar-refractivity contribution in [2.24, 2.45) is 0 Å². The molecular weight excluding hydrogens is 435 g/mol. The Morgan fingerprint density at radius 1 is 1.12 bits per heavy atom. The normalized spacial score (nSPS) is 19.6. The van der Waals surface area contributed by atoms with Crippen molar-refractivity contribution in [1.29, 1.82) is 0 Å². The third kappa shape index (κ3) is 3.59. The minimum atomic E-state index is -0.754. The summed E-state index contributed by atoms with van der Waals surface area (Å²) in [5.41, 5.74) is 2.98. The SMILES string of the molecule is CCC1(c2ccc(NC(=O)c3nn(-c4ccccc4F)c4c3CCC4)cc2)CCC(=O)NC1=O. The standard InChI is InChI=1S/C26H25FN4O3/c1-2-26(15-14-22(32)29-25(26)34)16-10-12-17(13-11-16)28-24(33)23-18-6-5-9-20(18)31(30-23)21-8-4-3-7-19(21)27/h3-4,7-8,10-13H,2,5-6,9,14-15H2,1H3,(H,28,33)(H,29,32,34). The summed E-state index contributed by atoms with van der Waals surface area (Å²) in [4.78, 5) is 37.3. The first-order valence-corrected chi connectivity index (χ1v) is 11.5. The molecule has 2 heterocycles. The maximum atomic E-state index is 14.4. The van der Waals surface area contributed by atoms with Crippen LogP contribution in [0.5, 0.6) is 0 Å². The van der Waals surface area contributed by atoms with Crippen LogP contribution in [0.4, 0.5) is 10.1 Å². The van der Waals surface area contributed by atoms with E-state index in [9.17, 15) is 18.8 Å². The highest BCUT2D eigenvalue weighted by Crippen LogP contribution is 2.36. The molecule has 1 aromatic heterocycles. The first-order chi connectivity index (χ1) is 16.4. The molecule has 1 atom stereocenters. The van der Waals surface area contributed by atoms with Gasteiger partial charge in [-0.2, -0.15) is 5.10 Å². The fourth-order valence-corrected chi connectivity index (χ4v) is 5.07. The Kier molecular flexibility index (Phi) is 5.51. The minimum Gasteiger partial charge on any atom is -0.321 e. The van der Waals surface area contributed by atoms with Gasteiger partial charge < -0.3 is 5.32 Å². The van der Waals surface area contributed by atoms with Gasteiger partial charge >= 0.3 is 0 Å². The summed E-state index contributed by atoms with van der Waals surface area (Å²) in [5, 5.41) is 9.80. The predicted molar refractivity (Wildman–Crippen MR) is 124 cm³/mol. The van der Waals surface area contributed by atoms with Crippen LogP contribution in [-0.2, 0) is 27.8 Å². The highest BCUT2D eigenvalue weighted by atomic mass is 19.1. The van der Waals surface area contributed by atoms with Crippen molar-refractivity contribution >= 4 is 23.4 Å². The van der Waals surface area contributed by atoms with Crippen molar-refractivity contribution in [2.75, 3.05) is 5.32 Å². The molecule has 34 heavy (non-hydrogen) atoms. The van der Waals surface area contributed by atoms with E-state index in [2.05, 4.69) is 15.7 Å². The maximum Gasteiger partial charge on any atom is 0.276 e. The molecule has 3 amide bonds. The molecule has 0 saturated carbocycles. The van der Waals surface area contributed by atoms with Gasteiger partial charge in [-0.05, 0) is 61.9 Å². The Bertz CT molecular complexity index is 1300. The zero-order valence-corrected chi connectivity index (χ0v) is 18.9. The zero-order valence-electron chi connectivity index (χ0n) is 18.9. The number of anilines is 1. The lowest BCUT2D eigenvalue weighted by atomic mass is 9.72. The molecule has 0 bridgehead atoms. The van der Waals surface area contributed by atoms with Gasteiger partial charge in [-0.15, -0.1) is 0 Å². The first kappa shape index (κ1) is 22.0. The molecule has 1 aliphatic carbocycles. The molecule has 174 valence electrons. The Morgan fingerprint density at radius 2 is 1.88 bits per heavy atom. The van der Waals surface area contributed by atoms with Gasteiger partial charge in [0, 0.05) is 23.4 Å². The second-order valence-corrected chi connectivity index (χ2v) is 8.84. The molecule has 1 unspecified atom stereocenters. The van der Waals surface area contributed by atoms with Crippen molar-refractivity contribution in [3.8, 4) is 5.69 Å². The Hall–Kier alpha value is -3.81. The Morgan fingerprint density at radius 3 is 2.59 bits per heavy atom. The molecule has 0 spiro atoms. The number of carbonyl (C=O) groups is 3. The van der Waals surface area contributed by atoms with Crippen LogP contribution in [0.25, 0.3) is 5.69 Å². The van der Waals surface area contributed by atoms with Crippen LogP contribution in [0.3, 0.4) is 0 Å². The van der Waals surface area contributed by atoms with E-state index in [1.807, 2.05) is 19.1 Å². The van der Waals surface area contributed by atoms with Crippen molar-refractivity contribution in [3.05, 3.63) is 76.9 Å². The highest BCUT2D eigenvalue weighted by molar-refractivity contribution is 6.05. The largest absolute Gasteiger partial charge is 0.321 e. The summed E-state index contributed by atoms with van der Waals surface area (Å²) in [7, 11) is 0. The number of para-hydroxylation sites is 1. The monoisotopic (exact) mass is 460 g/mol. The van der Waals surface area contributed by atoms with E-state index in [0.29, 0.717) is 36.3 Å². The fraction of sp³-hybridized carbons (Fsp3) is 0.308. The molecule has 2 N–H and O–H groups in total. The number of benzene rings is 2. The van der Waals surface area contributed by atoms with Gasteiger partial charge in [0.25, 0.3) is 5.91 Å². The summed E-state index contributed by atoms with van der Waals surface area (Å²) in [5.74, 6) is -1.27. The lowest BCUT2D eigenvalue weighted by Crippen LogP contribution is -2.51. The summed E-state index contributed by atoms with van der Waals surface area (Å²) in [6, 6.07) is 13.5. The number of aromatic nitrogens is 2. The van der Waals surface area contributed by atoms with Crippen LogP contribution < -0.4 is 10.6 Å². The second kappa shape index (κ2) is 8.52. The molecule has 1 saturated heterocycles. The number of amides is 3. The van der Waals surface area contributed by atoms with E-state index in [1.165, 1.54) is 6.07 Å². The van der Waals surface area contributed by atoms with Gasteiger partial charge in [0.2, 0.25) is 11.8 Å². The van der Waals surface area contributed by atoms with Gasteiger partial charge in [-0.3, -0.25) is 19.7 Å². The van der Waals surface area contributed by atoms with Crippen LogP contribution in [0.15, 0.2) is 48.5 Å². The Balaban J connectivity index is 1.40. The molecule has 3 aromatic rings. The van der Waals surface area contributed by atoms with Crippen molar-refractivity contribution in [1.82, 2.24) is 15.1 Å². The highest BCUT2D eigenvalue weighted by Gasteiger charge is 2.42. The second-order valence-electron chi connectivity index (χ2n) is 8.84. The average Bonchev–Trinajstić information content (AvgIpc) is 3.44. The molecule has 1 aliphatic heterocycles. The number of nitrogens with zero attached hydrogens (tertiary/aromatic N) is 2. The summed E-state index contributed by atoms with van der Waals surface area (Å²) < 4.78 is 15.9. The zero-order chi connectivity index (χ0) is 23.9. The number of hydrogen-bond donors (Lipinski definition) is 2. The van der Waals surface area contributed by atoms with Crippen LogP contribution in [0.1, 0.15) is 59.9 Å². The predicted octanol–water partition coefficient (Wildman–Crippen LogP) is 3.84. The quantitative estimate of drug-likeness (QED) is 0.566. The molecule has 1 fully saturated rings. The van der Waals surface area contributed by atoms with E-state index in [-0.39, 0.29) is 23.5 Å². The van der Waals surface area contributed by atoms with Gasteiger partial charge in [0.05, 0.1) is 5.41 Å². The number of fused-ring (bicyclic) bond motifs is 1. The lowest BCUT2D eigenvalue weighted by molar-refractivity contribution is -0.138. The number of piperidine rings is 1. The number of nitrogens with one attached hydrogen (secondary N) is 2. The van der Waals surface area contributed by atoms with Gasteiger partial charge in [-0.25, -0.2) is 9.07 Å². The topological polar surface area (TPSA) is 93.1 Å². The summed E-state index contributed by atoms with van der Waals surface area (Å²) in [6.07, 6.45) is 3.67. The van der Waals surface area contributed by atoms with Crippen LogP contribution >= 0.6 is 0 Å². The molecule has 0 radical (unpaired) electrons. The van der Waals surface area contributed by atoms with E-state index in [0.717, 1.165) is 36.1 Å². The summed E-state index contributed by atoms with van der Waals surface area (Å²) in [6.45, 7) is 1.93.